The van der Waals surface area contributed by atoms with Crippen LogP contribution in [0, 0.1) is 5.41 Å². The molecule has 1 saturated carbocycles. The molecule has 0 spiro atoms. The number of rotatable bonds is 3. The van der Waals surface area contributed by atoms with Crippen molar-refractivity contribution in [3.63, 3.8) is 0 Å². The van der Waals surface area contributed by atoms with Gasteiger partial charge in [-0.05, 0) is 25.0 Å². The highest BCUT2D eigenvalue weighted by atomic mass is 16.6. The Morgan fingerprint density at radius 1 is 1.50 bits per heavy atom. The number of esters is 1. The molecule has 1 aromatic carbocycles. The van der Waals surface area contributed by atoms with Crippen LogP contribution in [-0.4, -0.2) is 32.0 Å². The van der Waals surface area contributed by atoms with Crippen LogP contribution in [0.25, 0.3) is 0 Å². The molecular formula is C14H17BO3. The third-order valence-corrected chi connectivity index (χ3v) is 4.25. The van der Waals surface area contributed by atoms with Crippen LogP contribution in [0.1, 0.15) is 30.1 Å². The number of benzene rings is 1. The summed E-state index contributed by atoms with van der Waals surface area (Å²) < 4.78 is 11.4. The van der Waals surface area contributed by atoms with Crippen molar-refractivity contribution in [1.82, 2.24) is 0 Å². The first-order chi connectivity index (χ1) is 8.67. The molecular weight excluding hydrogens is 227 g/mol. The van der Waals surface area contributed by atoms with E-state index in [1.54, 1.807) is 12.1 Å². The quantitative estimate of drug-likeness (QED) is 0.595. The fourth-order valence-electron chi connectivity index (χ4n) is 3.17. The van der Waals surface area contributed by atoms with Crippen LogP contribution in [-0.2, 0) is 9.47 Å². The first-order valence-electron chi connectivity index (χ1n) is 6.59. The summed E-state index contributed by atoms with van der Waals surface area (Å²) in [7, 11) is 2.08. The third kappa shape index (κ3) is 1.67. The Labute approximate surface area is 108 Å². The van der Waals surface area contributed by atoms with E-state index in [1.165, 1.54) is 0 Å². The smallest absolute Gasteiger partial charge is 0.338 e. The molecule has 94 valence electrons. The van der Waals surface area contributed by atoms with Gasteiger partial charge in [-0.3, -0.25) is 0 Å². The summed E-state index contributed by atoms with van der Waals surface area (Å²) in [6, 6.07) is 9.44. The summed E-state index contributed by atoms with van der Waals surface area (Å²) in [5, 5.41) is 0. The Bertz CT molecular complexity index is 461. The number of carbonyl (C=O) groups is 1. The summed E-state index contributed by atoms with van der Waals surface area (Å²) in [4.78, 5) is 12.0. The molecule has 0 bridgehead atoms. The van der Waals surface area contributed by atoms with Crippen molar-refractivity contribution in [3.8, 4) is 0 Å². The summed E-state index contributed by atoms with van der Waals surface area (Å²) in [6.07, 6.45) is 2.08. The summed E-state index contributed by atoms with van der Waals surface area (Å²) in [5.74, 6) is -0.237. The van der Waals surface area contributed by atoms with Crippen molar-refractivity contribution in [2.45, 2.75) is 38.0 Å². The molecule has 3 unspecified atom stereocenters. The Morgan fingerprint density at radius 3 is 2.83 bits per heavy atom. The SMILES string of the molecule is BC1C[C@@]2(CC)C(OC(=O)c3ccccc3)C2O1. The van der Waals surface area contributed by atoms with Crippen molar-refractivity contribution < 1.29 is 14.3 Å². The predicted octanol–water partition coefficient (Wildman–Crippen LogP) is 1.37. The van der Waals surface area contributed by atoms with E-state index in [-0.39, 0.29) is 23.6 Å². The van der Waals surface area contributed by atoms with E-state index in [9.17, 15) is 4.79 Å². The van der Waals surface area contributed by atoms with Gasteiger partial charge in [0.15, 0.2) is 0 Å². The Hall–Kier alpha value is -1.29. The van der Waals surface area contributed by atoms with Crippen LogP contribution in [0.3, 0.4) is 0 Å². The fourth-order valence-corrected chi connectivity index (χ4v) is 3.17. The Kier molecular flexibility index (Phi) is 2.70. The van der Waals surface area contributed by atoms with E-state index in [2.05, 4.69) is 14.8 Å². The van der Waals surface area contributed by atoms with E-state index in [1.807, 2.05) is 18.2 Å². The van der Waals surface area contributed by atoms with Crippen molar-refractivity contribution >= 4 is 13.8 Å². The highest BCUT2D eigenvalue weighted by Gasteiger charge is 2.71. The molecule has 0 radical (unpaired) electrons. The summed E-state index contributed by atoms with van der Waals surface area (Å²) >= 11 is 0. The molecule has 0 aromatic heterocycles. The molecule has 0 N–H and O–H groups in total. The number of fused-ring (bicyclic) bond motifs is 1. The molecule has 4 atom stereocenters. The standard InChI is InChI=1S/C14H17BO3/c1-2-14-8-10(15)17-11(14)12(14)18-13(16)9-6-4-3-5-7-9/h3-7,10-12H,2,8,15H2,1H3/t10?,11?,12?,14-/m1/s1. The maximum absolute atomic E-state index is 12.0. The molecule has 1 saturated heterocycles. The van der Waals surface area contributed by atoms with Gasteiger partial charge in [0.2, 0.25) is 0 Å². The maximum atomic E-state index is 12.0. The zero-order valence-corrected chi connectivity index (χ0v) is 10.8. The largest absolute Gasteiger partial charge is 0.455 e. The van der Waals surface area contributed by atoms with Gasteiger partial charge in [0, 0.05) is 11.4 Å². The number of carbonyl (C=O) groups excluding carboxylic acids is 1. The highest BCUT2D eigenvalue weighted by molar-refractivity contribution is 6.11. The van der Waals surface area contributed by atoms with Gasteiger partial charge in [-0.25, -0.2) is 4.79 Å². The molecule has 18 heavy (non-hydrogen) atoms. The van der Waals surface area contributed by atoms with E-state index < -0.39 is 0 Å². The lowest BCUT2D eigenvalue weighted by molar-refractivity contribution is 0.0186. The third-order valence-electron chi connectivity index (χ3n) is 4.25. The molecule has 1 aliphatic heterocycles. The molecule has 2 fully saturated rings. The number of ether oxygens (including phenoxy) is 2. The van der Waals surface area contributed by atoms with Crippen LogP contribution >= 0.6 is 0 Å². The topological polar surface area (TPSA) is 35.5 Å². The fraction of sp³-hybridized carbons (Fsp3) is 0.500. The predicted molar refractivity (Wildman–Crippen MR) is 70.2 cm³/mol. The Balaban J connectivity index is 1.68. The van der Waals surface area contributed by atoms with Gasteiger partial charge >= 0.3 is 5.97 Å². The lowest BCUT2D eigenvalue weighted by Crippen LogP contribution is -2.21. The van der Waals surface area contributed by atoms with E-state index in [4.69, 9.17) is 9.47 Å². The molecule has 3 rings (SSSR count). The van der Waals surface area contributed by atoms with Crippen molar-refractivity contribution in [3.05, 3.63) is 35.9 Å². The van der Waals surface area contributed by atoms with E-state index >= 15 is 0 Å². The van der Waals surface area contributed by atoms with Crippen molar-refractivity contribution in [2.75, 3.05) is 0 Å². The normalized spacial score (nSPS) is 37.1. The number of hydrogen-bond donors (Lipinski definition) is 0. The molecule has 1 heterocycles. The first kappa shape index (κ1) is 11.8. The molecule has 2 aliphatic rings. The monoisotopic (exact) mass is 244 g/mol. The molecule has 1 aromatic rings. The minimum absolute atomic E-state index is 0.0496. The van der Waals surface area contributed by atoms with Gasteiger partial charge in [-0.2, -0.15) is 0 Å². The Morgan fingerprint density at radius 2 is 2.22 bits per heavy atom. The van der Waals surface area contributed by atoms with Gasteiger partial charge in [0.05, 0.1) is 5.56 Å². The lowest BCUT2D eigenvalue weighted by Gasteiger charge is -2.15. The molecule has 0 amide bonds. The van der Waals surface area contributed by atoms with Gasteiger partial charge in [-0.1, -0.05) is 25.1 Å². The molecule has 1 aliphatic carbocycles. The van der Waals surface area contributed by atoms with Gasteiger partial charge in [-0.15, -0.1) is 0 Å². The van der Waals surface area contributed by atoms with Crippen LogP contribution in [0.4, 0.5) is 0 Å². The van der Waals surface area contributed by atoms with Crippen LogP contribution in [0.2, 0.25) is 0 Å². The van der Waals surface area contributed by atoms with Crippen LogP contribution < -0.4 is 0 Å². The second kappa shape index (κ2) is 4.13. The van der Waals surface area contributed by atoms with Gasteiger partial charge in [0.25, 0.3) is 0 Å². The highest BCUT2D eigenvalue weighted by Crippen LogP contribution is 2.61. The zero-order chi connectivity index (χ0) is 12.8. The van der Waals surface area contributed by atoms with E-state index in [0.29, 0.717) is 11.6 Å². The second-order valence-corrected chi connectivity index (χ2v) is 5.35. The van der Waals surface area contributed by atoms with Crippen LogP contribution in [0.5, 0.6) is 0 Å². The van der Waals surface area contributed by atoms with E-state index in [0.717, 1.165) is 12.8 Å². The van der Waals surface area contributed by atoms with Crippen LogP contribution in [0.15, 0.2) is 30.3 Å². The average molecular weight is 244 g/mol. The first-order valence-corrected chi connectivity index (χ1v) is 6.59. The average Bonchev–Trinajstić information content (AvgIpc) is 2.81. The van der Waals surface area contributed by atoms with Crippen molar-refractivity contribution in [1.29, 1.82) is 0 Å². The minimum Gasteiger partial charge on any atom is -0.455 e. The lowest BCUT2D eigenvalue weighted by atomic mass is 9.87. The van der Waals surface area contributed by atoms with Gasteiger partial charge < -0.3 is 9.47 Å². The minimum atomic E-state index is -0.237. The second-order valence-electron chi connectivity index (χ2n) is 5.35. The summed E-state index contributed by atoms with van der Waals surface area (Å²) in [5.41, 5.74) is 0.700. The molecule has 4 heteroatoms. The number of hydrogen-bond acceptors (Lipinski definition) is 3. The van der Waals surface area contributed by atoms with Gasteiger partial charge in [0.1, 0.15) is 20.1 Å². The molecule has 3 nitrogen and oxygen atoms in total. The van der Waals surface area contributed by atoms with Crippen molar-refractivity contribution in [2.24, 2.45) is 5.41 Å². The maximum Gasteiger partial charge on any atom is 0.338 e. The summed E-state index contributed by atoms with van der Waals surface area (Å²) in [6.45, 7) is 2.14. The zero-order valence-electron chi connectivity index (χ0n) is 10.8.